The smallest absolute Gasteiger partial charge is 0.126 e. The molecular weight excluding hydrogens is 202 g/mol. The van der Waals surface area contributed by atoms with Gasteiger partial charge in [0.15, 0.2) is 0 Å². The van der Waals surface area contributed by atoms with E-state index in [0.29, 0.717) is 11.7 Å². The van der Waals surface area contributed by atoms with Crippen LogP contribution in [0.2, 0.25) is 0 Å². The standard InChI is InChI=1S/C13H17NO2/c15-12-2-1-3-13-11(12)6-9(8-16-13)7-14-10-4-5-10/h1-3,9-10,14-15H,4-8H2. The van der Waals surface area contributed by atoms with Crippen molar-refractivity contribution < 1.29 is 9.84 Å². The molecule has 1 aromatic carbocycles. The summed E-state index contributed by atoms with van der Waals surface area (Å²) in [5.41, 5.74) is 0.969. The van der Waals surface area contributed by atoms with E-state index in [1.165, 1.54) is 12.8 Å². The SMILES string of the molecule is Oc1cccc2c1CC(CNC1CC1)CO2. The van der Waals surface area contributed by atoms with Gasteiger partial charge in [-0.1, -0.05) is 6.07 Å². The van der Waals surface area contributed by atoms with E-state index in [4.69, 9.17) is 4.74 Å². The molecule has 0 bridgehead atoms. The number of hydrogen-bond acceptors (Lipinski definition) is 3. The van der Waals surface area contributed by atoms with Crippen molar-refractivity contribution in [2.45, 2.75) is 25.3 Å². The van der Waals surface area contributed by atoms with Gasteiger partial charge < -0.3 is 15.2 Å². The minimum absolute atomic E-state index is 0.369. The predicted molar refractivity (Wildman–Crippen MR) is 61.8 cm³/mol. The monoisotopic (exact) mass is 219 g/mol. The minimum atomic E-state index is 0.369. The Morgan fingerprint density at radius 1 is 1.38 bits per heavy atom. The molecule has 0 aromatic heterocycles. The van der Waals surface area contributed by atoms with E-state index >= 15 is 0 Å². The van der Waals surface area contributed by atoms with Gasteiger partial charge in [-0.3, -0.25) is 0 Å². The molecular formula is C13H17NO2. The molecule has 2 N–H and O–H groups in total. The molecule has 1 heterocycles. The Morgan fingerprint density at radius 2 is 2.25 bits per heavy atom. The summed E-state index contributed by atoms with van der Waals surface area (Å²) in [6.45, 7) is 1.76. The van der Waals surface area contributed by atoms with Crippen molar-refractivity contribution in [2.24, 2.45) is 5.92 Å². The molecule has 0 spiro atoms. The van der Waals surface area contributed by atoms with Crippen molar-refractivity contribution in [1.29, 1.82) is 0 Å². The maximum Gasteiger partial charge on any atom is 0.126 e. The first-order valence-electron chi connectivity index (χ1n) is 6.00. The number of fused-ring (bicyclic) bond motifs is 1. The van der Waals surface area contributed by atoms with Crippen LogP contribution in [0.25, 0.3) is 0 Å². The van der Waals surface area contributed by atoms with Gasteiger partial charge in [0.05, 0.1) is 6.61 Å². The highest BCUT2D eigenvalue weighted by molar-refractivity contribution is 5.45. The second kappa shape index (κ2) is 3.98. The molecule has 2 aliphatic rings. The molecule has 1 aromatic rings. The zero-order valence-electron chi connectivity index (χ0n) is 9.28. The average Bonchev–Trinajstić information content (AvgIpc) is 3.11. The van der Waals surface area contributed by atoms with Crippen molar-refractivity contribution in [3.05, 3.63) is 23.8 Å². The number of phenolic OH excluding ortho intramolecular Hbond substituents is 1. The summed E-state index contributed by atoms with van der Waals surface area (Å²) in [7, 11) is 0. The van der Waals surface area contributed by atoms with Gasteiger partial charge in [0.25, 0.3) is 0 Å². The molecule has 16 heavy (non-hydrogen) atoms. The number of benzene rings is 1. The number of phenols is 1. The van der Waals surface area contributed by atoms with Crippen LogP contribution < -0.4 is 10.1 Å². The Bertz CT molecular complexity index is 388. The normalized spacial score (nSPS) is 23.6. The van der Waals surface area contributed by atoms with E-state index in [-0.39, 0.29) is 0 Å². The average molecular weight is 219 g/mol. The van der Waals surface area contributed by atoms with Crippen LogP contribution in [0, 0.1) is 5.92 Å². The molecule has 1 unspecified atom stereocenters. The Hall–Kier alpha value is -1.22. The molecule has 3 heteroatoms. The van der Waals surface area contributed by atoms with E-state index in [2.05, 4.69) is 5.32 Å². The molecule has 1 atom stereocenters. The van der Waals surface area contributed by atoms with Crippen LogP contribution in [0.1, 0.15) is 18.4 Å². The Labute approximate surface area is 95.4 Å². The zero-order chi connectivity index (χ0) is 11.0. The van der Waals surface area contributed by atoms with E-state index in [1.807, 2.05) is 12.1 Å². The first kappa shape index (κ1) is 9.97. The third-order valence-electron chi connectivity index (χ3n) is 3.35. The van der Waals surface area contributed by atoms with Crippen molar-refractivity contribution in [3.8, 4) is 11.5 Å². The number of aromatic hydroxyl groups is 1. The Morgan fingerprint density at radius 3 is 3.06 bits per heavy atom. The van der Waals surface area contributed by atoms with Gasteiger partial charge in [-0.25, -0.2) is 0 Å². The van der Waals surface area contributed by atoms with Crippen molar-refractivity contribution >= 4 is 0 Å². The predicted octanol–water partition coefficient (Wildman–Crippen LogP) is 1.70. The lowest BCUT2D eigenvalue weighted by molar-refractivity contribution is 0.215. The first-order chi connectivity index (χ1) is 7.83. The maximum atomic E-state index is 9.76. The lowest BCUT2D eigenvalue weighted by Gasteiger charge is -2.26. The van der Waals surface area contributed by atoms with Crippen molar-refractivity contribution in [3.63, 3.8) is 0 Å². The van der Waals surface area contributed by atoms with Crippen molar-refractivity contribution in [2.75, 3.05) is 13.2 Å². The molecule has 0 amide bonds. The van der Waals surface area contributed by atoms with Gasteiger partial charge >= 0.3 is 0 Å². The molecule has 86 valence electrons. The lowest BCUT2D eigenvalue weighted by atomic mass is 9.96. The molecule has 0 saturated heterocycles. The van der Waals surface area contributed by atoms with Gasteiger partial charge in [-0.2, -0.15) is 0 Å². The highest BCUT2D eigenvalue weighted by Crippen LogP contribution is 2.33. The second-order valence-corrected chi connectivity index (χ2v) is 4.82. The molecule has 0 radical (unpaired) electrons. The van der Waals surface area contributed by atoms with Crippen LogP contribution >= 0.6 is 0 Å². The summed E-state index contributed by atoms with van der Waals surface area (Å²) in [4.78, 5) is 0. The number of ether oxygens (including phenoxy) is 1. The number of hydrogen-bond donors (Lipinski definition) is 2. The fourth-order valence-corrected chi connectivity index (χ4v) is 2.20. The topological polar surface area (TPSA) is 41.5 Å². The van der Waals surface area contributed by atoms with Crippen LogP contribution in [0.4, 0.5) is 0 Å². The van der Waals surface area contributed by atoms with Crippen LogP contribution in [-0.2, 0) is 6.42 Å². The molecule has 1 aliphatic carbocycles. The van der Waals surface area contributed by atoms with Crippen molar-refractivity contribution in [1.82, 2.24) is 5.32 Å². The number of nitrogens with one attached hydrogen (secondary N) is 1. The van der Waals surface area contributed by atoms with Crippen LogP contribution in [0.15, 0.2) is 18.2 Å². The van der Waals surface area contributed by atoms with E-state index < -0.39 is 0 Å². The summed E-state index contributed by atoms with van der Waals surface area (Å²) in [5.74, 6) is 1.71. The van der Waals surface area contributed by atoms with Crippen LogP contribution in [0.3, 0.4) is 0 Å². The molecule has 1 fully saturated rings. The maximum absolute atomic E-state index is 9.76. The fraction of sp³-hybridized carbons (Fsp3) is 0.538. The van der Waals surface area contributed by atoms with E-state index in [9.17, 15) is 5.11 Å². The van der Waals surface area contributed by atoms with Gasteiger partial charge in [0, 0.05) is 24.1 Å². The van der Waals surface area contributed by atoms with Crippen LogP contribution in [0.5, 0.6) is 11.5 Å². The summed E-state index contributed by atoms with van der Waals surface area (Å²) < 4.78 is 5.67. The molecule has 1 saturated carbocycles. The Balaban J connectivity index is 1.67. The highest BCUT2D eigenvalue weighted by Gasteiger charge is 2.25. The quantitative estimate of drug-likeness (QED) is 0.813. The van der Waals surface area contributed by atoms with Crippen LogP contribution in [-0.4, -0.2) is 24.3 Å². The lowest BCUT2D eigenvalue weighted by Crippen LogP contribution is -2.32. The summed E-state index contributed by atoms with van der Waals surface area (Å²) in [5, 5.41) is 13.3. The minimum Gasteiger partial charge on any atom is -0.508 e. The third kappa shape index (κ3) is 2.00. The highest BCUT2D eigenvalue weighted by atomic mass is 16.5. The molecule has 1 aliphatic heterocycles. The van der Waals surface area contributed by atoms with Gasteiger partial charge in [-0.05, 0) is 31.4 Å². The molecule has 3 rings (SSSR count). The third-order valence-corrected chi connectivity index (χ3v) is 3.35. The number of rotatable bonds is 3. The summed E-state index contributed by atoms with van der Waals surface area (Å²) in [6, 6.07) is 6.24. The summed E-state index contributed by atoms with van der Waals surface area (Å²) in [6.07, 6.45) is 3.55. The second-order valence-electron chi connectivity index (χ2n) is 4.82. The Kier molecular flexibility index (Phi) is 2.48. The summed E-state index contributed by atoms with van der Waals surface area (Å²) >= 11 is 0. The zero-order valence-corrected chi connectivity index (χ0v) is 9.28. The molecule has 3 nitrogen and oxygen atoms in total. The van der Waals surface area contributed by atoms with Gasteiger partial charge in [0.2, 0.25) is 0 Å². The largest absolute Gasteiger partial charge is 0.508 e. The van der Waals surface area contributed by atoms with E-state index in [1.54, 1.807) is 6.07 Å². The van der Waals surface area contributed by atoms with Gasteiger partial charge in [0.1, 0.15) is 11.5 Å². The first-order valence-corrected chi connectivity index (χ1v) is 6.00. The van der Waals surface area contributed by atoms with E-state index in [0.717, 1.165) is 36.9 Å². The fourth-order valence-electron chi connectivity index (χ4n) is 2.20. The van der Waals surface area contributed by atoms with Gasteiger partial charge in [-0.15, -0.1) is 0 Å².